The highest BCUT2D eigenvalue weighted by Gasteiger charge is 2.13. The quantitative estimate of drug-likeness (QED) is 0.649. The molecule has 0 amide bonds. The molecule has 0 spiro atoms. The molecule has 0 bridgehead atoms. The minimum atomic E-state index is -0.205. The second kappa shape index (κ2) is 3.09. The Balaban J connectivity index is 3.50. The molecular weight excluding hydrogens is 168 g/mol. The fourth-order valence-corrected chi connectivity index (χ4v) is 1.23. The maximum Gasteiger partial charge on any atom is 0.163 e. The minimum Gasteiger partial charge on any atom is -0.507 e. The predicted octanol–water partition coefficient (Wildman–Crippen LogP) is 1.92. The molecule has 0 aliphatic rings. The predicted molar refractivity (Wildman–Crippen MR) is 49.3 cm³/mol. The van der Waals surface area contributed by atoms with Crippen molar-refractivity contribution < 1.29 is 15.0 Å². The molecule has 2 N–H and O–H groups in total. The number of phenolic OH excluding ortho intramolecular Hbond substituents is 2. The highest BCUT2D eigenvalue weighted by molar-refractivity contribution is 5.97. The maximum absolute atomic E-state index is 11.0. The number of phenols is 2. The van der Waals surface area contributed by atoms with E-state index in [1.54, 1.807) is 13.8 Å². The molecule has 3 nitrogen and oxygen atoms in total. The topological polar surface area (TPSA) is 57.5 Å². The first-order chi connectivity index (χ1) is 5.95. The van der Waals surface area contributed by atoms with Crippen LogP contribution in [-0.4, -0.2) is 16.0 Å². The van der Waals surface area contributed by atoms with Crippen LogP contribution in [-0.2, 0) is 0 Å². The molecule has 3 heteroatoms. The molecule has 1 aromatic rings. The first kappa shape index (κ1) is 9.58. The average Bonchev–Trinajstić information content (AvgIpc) is 2.07. The van der Waals surface area contributed by atoms with Gasteiger partial charge >= 0.3 is 0 Å². The van der Waals surface area contributed by atoms with Crippen molar-refractivity contribution in [3.8, 4) is 11.5 Å². The summed E-state index contributed by atoms with van der Waals surface area (Å²) in [5.41, 5.74) is 1.21. The van der Waals surface area contributed by atoms with Gasteiger partial charge in [0.1, 0.15) is 11.5 Å². The molecule has 1 aromatic carbocycles. The SMILES string of the molecule is CC(=O)c1cc(C)c(O)c(C)c1O. The van der Waals surface area contributed by atoms with E-state index in [0.29, 0.717) is 11.1 Å². The van der Waals surface area contributed by atoms with Crippen molar-refractivity contribution >= 4 is 5.78 Å². The first-order valence-electron chi connectivity index (χ1n) is 3.98. The second-order valence-electron chi connectivity index (χ2n) is 3.12. The number of carbonyl (C=O) groups is 1. The normalized spacial score (nSPS) is 10.1. The van der Waals surface area contributed by atoms with Crippen molar-refractivity contribution in [3.05, 3.63) is 22.8 Å². The highest BCUT2D eigenvalue weighted by Crippen LogP contribution is 2.32. The first-order valence-corrected chi connectivity index (χ1v) is 3.98. The summed E-state index contributed by atoms with van der Waals surface area (Å²) in [6.07, 6.45) is 0. The Kier molecular flexibility index (Phi) is 2.28. The zero-order valence-electron chi connectivity index (χ0n) is 7.88. The van der Waals surface area contributed by atoms with Crippen LogP contribution in [0, 0.1) is 13.8 Å². The van der Waals surface area contributed by atoms with Gasteiger partial charge in [0.2, 0.25) is 0 Å². The largest absolute Gasteiger partial charge is 0.507 e. The van der Waals surface area contributed by atoms with Crippen molar-refractivity contribution in [1.29, 1.82) is 0 Å². The summed E-state index contributed by atoms with van der Waals surface area (Å²) in [6, 6.07) is 1.49. The van der Waals surface area contributed by atoms with Gasteiger partial charge in [-0.25, -0.2) is 0 Å². The van der Waals surface area contributed by atoms with Gasteiger partial charge in [-0.15, -0.1) is 0 Å². The Hall–Kier alpha value is -1.51. The molecule has 0 unspecified atom stereocenters. The number of rotatable bonds is 1. The van der Waals surface area contributed by atoms with Crippen LogP contribution < -0.4 is 0 Å². The van der Waals surface area contributed by atoms with E-state index in [4.69, 9.17) is 0 Å². The lowest BCUT2D eigenvalue weighted by Gasteiger charge is -2.08. The Morgan fingerprint density at radius 3 is 2.23 bits per heavy atom. The number of ketones is 1. The van der Waals surface area contributed by atoms with Gasteiger partial charge in [-0.2, -0.15) is 0 Å². The molecule has 13 heavy (non-hydrogen) atoms. The summed E-state index contributed by atoms with van der Waals surface area (Å²) >= 11 is 0. The Labute approximate surface area is 76.6 Å². The molecule has 0 heterocycles. The van der Waals surface area contributed by atoms with E-state index in [9.17, 15) is 15.0 Å². The smallest absolute Gasteiger partial charge is 0.163 e. The molecule has 0 aliphatic heterocycles. The Morgan fingerprint density at radius 2 is 1.77 bits per heavy atom. The van der Waals surface area contributed by atoms with Gasteiger partial charge in [0.15, 0.2) is 5.78 Å². The second-order valence-corrected chi connectivity index (χ2v) is 3.12. The minimum absolute atomic E-state index is 0.0440. The lowest BCUT2D eigenvalue weighted by molar-refractivity contribution is 0.101. The third kappa shape index (κ3) is 1.49. The number of benzene rings is 1. The van der Waals surface area contributed by atoms with Gasteiger partial charge in [0.05, 0.1) is 5.56 Å². The number of aromatic hydroxyl groups is 2. The van der Waals surface area contributed by atoms with Crippen molar-refractivity contribution in [1.82, 2.24) is 0 Å². The van der Waals surface area contributed by atoms with Gasteiger partial charge in [0, 0.05) is 5.56 Å². The fourth-order valence-electron chi connectivity index (χ4n) is 1.23. The summed E-state index contributed by atoms with van der Waals surface area (Å²) in [7, 11) is 0. The third-order valence-corrected chi connectivity index (χ3v) is 2.08. The lowest BCUT2D eigenvalue weighted by atomic mass is 10.0. The zero-order chi connectivity index (χ0) is 10.2. The van der Waals surface area contributed by atoms with E-state index in [1.165, 1.54) is 13.0 Å². The molecule has 0 fully saturated rings. The number of aryl methyl sites for hydroxylation is 1. The van der Waals surface area contributed by atoms with E-state index in [2.05, 4.69) is 0 Å². The molecule has 1 rings (SSSR count). The van der Waals surface area contributed by atoms with Crippen LogP contribution in [0.4, 0.5) is 0 Å². The van der Waals surface area contributed by atoms with Crippen molar-refractivity contribution in [2.24, 2.45) is 0 Å². The van der Waals surface area contributed by atoms with Crippen LogP contribution in [0.1, 0.15) is 28.4 Å². The number of hydrogen-bond donors (Lipinski definition) is 2. The summed E-state index contributed by atoms with van der Waals surface area (Å²) in [4.78, 5) is 11.0. The van der Waals surface area contributed by atoms with Crippen LogP contribution in [0.25, 0.3) is 0 Å². The molecule has 0 aromatic heterocycles. The van der Waals surface area contributed by atoms with Crippen molar-refractivity contribution in [3.63, 3.8) is 0 Å². The molecular formula is C10H12O3. The highest BCUT2D eigenvalue weighted by atomic mass is 16.3. The summed E-state index contributed by atoms with van der Waals surface area (Å²) < 4.78 is 0. The van der Waals surface area contributed by atoms with Crippen LogP contribution in [0.5, 0.6) is 11.5 Å². The molecule has 70 valence electrons. The van der Waals surface area contributed by atoms with Crippen LogP contribution in [0.3, 0.4) is 0 Å². The van der Waals surface area contributed by atoms with Gasteiger partial charge < -0.3 is 10.2 Å². The van der Waals surface area contributed by atoms with Crippen molar-refractivity contribution in [2.75, 3.05) is 0 Å². The van der Waals surface area contributed by atoms with Gasteiger partial charge in [0.25, 0.3) is 0 Å². The fraction of sp³-hybridized carbons (Fsp3) is 0.300. The van der Waals surface area contributed by atoms with Gasteiger partial charge in [-0.1, -0.05) is 0 Å². The van der Waals surface area contributed by atoms with E-state index in [-0.39, 0.29) is 22.8 Å². The van der Waals surface area contributed by atoms with Gasteiger partial charge in [-0.05, 0) is 32.4 Å². The summed E-state index contributed by atoms with van der Waals surface area (Å²) in [6.45, 7) is 4.64. The Bertz CT molecular complexity index is 367. The van der Waals surface area contributed by atoms with E-state index >= 15 is 0 Å². The standard InChI is InChI=1S/C10H12O3/c1-5-4-8(7(3)11)10(13)6(2)9(5)12/h4,12-13H,1-3H3. The van der Waals surface area contributed by atoms with Crippen LogP contribution in [0.15, 0.2) is 6.07 Å². The van der Waals surface area contributed by atoms with Crippen molar-refractivity contribution in [2.45, 2.75) is 20.8 Å². The van der Waals surface area contributed by atoms with Crippen LogP contribution in [0.2, 0.25) is 0 Å². The lowest BCUT2D eigenvalue weighted by Crippen LogP contribution is -1.96. The summed E-state index contributed by atoms with van der Waals surface area (Å²) in [5, 5.41) is 18.9. The van der Waals surface area contributed by atoms with Gasteiger partial charge in [-0.3, -0.25) is 4.79 Å². The Morgan fingerprint density at radius 1 is 1.23 bits per heavy atom. The zero-order valence-corrected chi connectivity index (χ0v) is 7.88. The number of Topliss-reactive ketones (excluding diaryl/α,β-unsaturated/α-hetero) is 1. The third-order valence-electron chi connectivity index (χ3n) is 2.08. The maximum atomic E-state index is 11.0. The summed E-state index contributed by atoms with van der Waals surface area (Å²) in [5.74, 6) is -0.290. The van der Waals surface area contributed by atoms with Crippen LogP contribution >= 0.6 is 0 Å². The average molecular weight is 180 g/mol. The molecule has 0 radical (unpaired) electrons. The molecule has 0 atom stereocenters. The van der Waals surface area contributed by atoms with E-state index < -0.39 is 0 Å². The van der Waals surface area contributed by atoms with E-state index in [0.717, 1.165) is 0 Å². The molecule has 0 aliphatic carbocycles. The number of carbonyl (C=O) groups excluding carboxylic acids is 1. The van der Waals surface area contributed by atoms with E-state index in [1.807, 2.05) is 0 Å². The number of hydrogen-bond acceptors (Lipinski definition) is 3. The monoisotopic (exact) mass is 180 g/mol. The molecule has 0 saturated carbocycles. The molecule has 0 saturated heterocycles.